The smallest absolute Gasteiger partial charge is 0.0529 e. The van der Waals surface area contributed by atoms with Crippen LogP contribution in [0.4, 0.5) is 0 Å². The summed E-state index contributed by atoms with van der Waals surface area (Å²) in [6.07, 6.45) is 2.05. The molecule has 1 saturated heterocycles. The molecule has 0 aromatic heterocycles. The predicted octanol–water partition coefficient (Wildman–Crippen LogP) is 2.97. The fraction of sp³-hybridized carbons (Fsp3) is 0.429. The van der Waals surface area contributed by atoms with Gasteiger partial charge in [0.05, 0.1) is 6.04 Å². The number of nitrogens with zero attached hydrogens (tertiary/aromatic N) is 1. The van der Waals surface area contributed by atoms with Crippen molar-refractivity contribution in [2.75, 3.05) is 26.2 Å². The summed E-state index contributed by atoms with van der Waals surface area (Å²) >= 11 is 0. The maximum Gasteiger partial charge on any atom is 0.0529 e. The molecule has 0 amide bonds. The van der Waals surface area contributed by atoms with Crippen molar-refractivity contribution in [2.45, 2.75) is 13.0 Å². The standard InChI is InChI=1S/C14H20N2.2ClH/c1-3-14(16-10-8-15-9-11-16)13-6-4-12(2)5-7-13;;/h3-7,14-15H,1,8-11H2,2H3;2*1H/t14-;;/m0../s1. The predicted molar refractivity (Wildman–Crippen MR) is 83.1 cm³/mol. The van der Waals surface area contributed by atoms with Gasteiger partial charge in [0.2, 0.25) is 0 Å². The number of benzene rings is 1. The van der Waals surface area contributed by atoms with Crippen LogP contribution in [0.2, 0.25) is 0 Å². The van der Waals surface area contributed by atoms with Gasteiger partial charge in [-0.05, 0) is 12.5 Å². The monoisotopic (exact) mass is 288 g/mol. The van der Waals surface area contributed by atoms with Crippen molar-refractivity contribution in [3.05, 3.63) is 48.0 Å². The Balaban J connectivity index is 0.00000144. The molecule has 1 aromatic carbocycles. The lowest BCUT2D eigenvalue weighted by Crippen LogP contribution is -2.44. The Kier molecular flexibility index (Phi) is 8.29. The van der Waals surface area contributed by atoms with Crippen LogP contribution in [-0.2, 0) is 0 Å². The molecule has 0 saturated carbocycles. The van der Waals surface area contributed by atoms with Gasteiger partial charge in [-0.3, -0.25) is 4.90 Å². The van der Waals surface area contributed by atoms with E-state index in [9.17, 15) is 0 Å². The van der Waals surface area contributed by atoms with Crippen molar-refractivity contribution in [1.82, 2.24) is 10.2 Å². The van der Waals surface area contributed by atoms with Gasteiger partial charge >= 0.3 is 0 Å². The van der Waals surface area contributed by atoms with E-state index in [0.29, 0.717) is 6.04 Å². The Bertz CT molecular complexity index is 345. The molecule has 0 radical (unpaired) electrons. The van der Waals surface area contributed by atoms with Crippen molar-refractivity contribution in [1.29, 1.82) is 0 Å². The first-order valence-corrected chi connectivity index (χ1v) is 5.95. The van der Waals surface area contributed by atoms with Gasteiger partial charge in [-0.1, -0.05) is 35.9 Å². The number of hydrogen-bond acceptors (Lipinski definition) is 2. The summed E-state index contributed by atoms with van der Waals surface area (Å²) in [4.78, 5) is 2.48. The average Bonchev–Trinajstić information content (AvgIpc) is 2.34. The van der Waals surface area contributed by atoms with Crippen molar-refractivity contribution < 1.29 is 0 Å². The summed E-state index contributed by atoms with van der Waals surface area (Å²) < 4.78 is 0. The zero-order valence-corrected chi connectivity index (χ0v) is 12.4. The molecule has 4 heteroatoms. The molecule has 0 aliphatic carbocycles. The third-order valence-corrected chi connectivity index (χ3v) is 3.19. The molecule has 1 atom stereocenters. The molecular weight excluding hydrogens is 267 g/mol. The first kappa shape index (κ1) is 17.5. The molecule has 18 heavy (non-hydrogen) atoms. The molecule has 0 spiro atoms. The summed E-state index contributed by atoms with van der Waals surface area (Å²) in [5.74, 6) is 0. The lowest BCUT2D eigenvalue weighted by atomic mass is 10.0. The van der Waals surface area contributed by atoms with E-state index in [-0.39, 0.29) is 24.8 Å². The lowest BCUT2D eigenvalue weighted by Gasteiger charge is -2.33. The first-order chi connectivity index (χ1) is 7.81. The fourth-order valence-electron chi connectivity index (χ4n) is 2.22. The maximum absolute atomic E-state index is 3.97. The largest absolute Gasteiger partial charge is 0.314 e. The van der Waals surface area contributed by atoms with Crippen LogP contribution >= 0.6 is 24.8 Å². The molecule has 1 fully saturated rings. The summed E-state index contributed by atoms with van der Waals surface area (Å²) in [7, 11) is 0. The molecule has 0 unspecified atom stereocenters. The minimum absolute atomic E-state index is 0. The van der Waals surface area contributed by atoms with Crippen LogP contribution < -0.4 is 5.32 Å². The quantitative estimate of drug-likeness (QED) is 0.861. The second-order valence-corrected chi connectivity index (χ2v) is 4.38. The Morgan fingerprint density at radius 2 is 1.72 bits per heavy atom. The van der Waals surface area contributed by atoms with E-state index in [1.54, 1.807) is 0 Å². The van der Waals surface area contributed by atoms with Crippen LogP contribution in [0.15, 0.2) is 36.9 Å². The van der Waals surface area contributed by atoms with Crippen LogP contribution in [0.25, 0.3) is 0 Å². The SMILES string of the molecule is C=C[C@@H](c1ccc(C)cc1)N1CCNCC1.Cl.Cl. The van der Waals surface area contributed by atoms with E-state index in [4.69, 9.17) is 0 Å². The highest BCUT2D eigenvalue weighted by Crippen LogP contribution is 2.22. The van der Waals surface area contributed by atoms with E-state index < -0.39 is 0 Å². The highest BCUT2D eigenvalue weighted by Gasteiger charge is 2.18. The summed E-state index contributed by atoms with van der Waals surface area (Å²) in [6.45, 7) is 10.5. The van der Waals surface area contributed by atoms with E-state index in [1.165, 1.54) is 11.1 Å². The minimum atomic E-state index is 0. The van der Waals surface area contributed by atoms with Crippen molar-refractivity contribution in [2.24, 2.45) is 0 Å². The second kappa shape index (κ2) is 8.54. The van der Waals surface area contributed by atoms with Crippen molar-refractivity contribution in [3.63, 3.8) is 0 Å². The van der Waals surface area contributed by atoms with E-state index in [1.807, 2.05) is 0 Å². The van der Waals surface area contributed by atoms with Gasteiger partial charge in [0.15, 0.2) is 0 Å². The molecule has 1 aliphatic heterocycles. The Morgan fingerprint density at radius 3 is 2.22 bits per heavy atom. The highest BCUT2D eigenvalue weighted by atomic mass is 35.5. The van der Waals surface area contributed by atoms with Gasteiger partial charge in [-0.15, -0.1) is 31.4 Å². The van der Waals surface area contributed by atoms with Crippen LogP contribution in [0.1, 0.15) is 17.2 Å². The highest BCUT2D eigenvalue weighted by molar-refractivity contribution is 5.85. The van der Waals surface area contributed by atoms with Crippen LogP contribution in [0, 0.1) is 6.92 Å². The van der Waals surface area contributed by atoms with Gasteiger partial charge in [-0.2, -0.15) is 0 Å². The van der Waals surface area contributed by atoms with Gasteiger partial charge in [0.25, 0.3) is 0 Å². The zero-order valence-electron chi connectivity index (χ0n) is 10.8. The zero-order chi connectivity index (χ0) is 11.4. The minimum Gasteiger partial charge on any atom is -0.314 e. The third-order valence-electron chi connectivity index (χ3n) is 3.19. The number of hydrogen-bond donors (Lipinski definition) is 1. The van der Waals surface area contributed by atoms with E-state index in [0.717, 1.165) is 26.2 Å². The summed E-state index contributed by atoms with van der Waals surface area (Å²) in [6, 6.07) is 9.14. The van der Waals surface area contributed by atoms with Gasteiger partial charge in [0.1, 0.15) is 0 Å². The van der Waals surface area contributed by atoms with E-state index in [2.05, 4.69) is 54.1 Å². The topological polar surface area (TPSA) is 15.3 Å². The first-order valence-electron chi connectivity index (χ1n) is 5.95. The Morgan fingerprint density at radius 1 is 1.17 bits per heavy atom. The number of aryl methyl sites for hydroxylation is 1. The normalized spacial score (nSPS) is 17.2. The molecule has 0 bridgehead atoms. The number of nitrogens with one attached hydrogen (secondary N) is 1. The van der Waals surface area contributed by atoms with Crippen LogP contribution in [-0.4, -0.2) is 31.1 Å². The van der Waals surface area contributed by atoms with Gasteiger partial charge < -0.3 is 5.32 Å². The van der Waals surface area contributed by atoms with Crippen molar-refractivity contribution in [3.8, 4) is 0 Å². The maximum atomic E-state index is 3.97. The lowest BCUT2D eigenvalue weighted by molar-refractivity contribution is 0.203. The molecule has 2 rings (SSSR count). The molecule has 1 heterocycles. The fourth-order valence-corrected chi connectivity index (χ4v) is 2.22. The molecule has 102 valence electrons. The number of piperazine rings is 1. The molecular formula is C14H22Cl2N2. The third kappa shape index (κ3) is 4.29. The van der Waals surface area contributed by atoms with Gasteiger partial charge in [0, 0.05) is 26.2 Å². The summed E-state index contributed by atoms with van der Waals surface area (Å²) in [5.41, 5.74) is 2.66. The van der Waals surface area contributed by atoms with E-state index >= 15 is 0 Å². The molecule has 1 N–H and O–H groups in total. The van der Waals surface area contributed by atoms with Crippen LogP contribution in [0.3, 0.4) is 0 Å². The molecule has 1 aliphatic rings. The Hall–Kier alpha value is -0.540. The summed E-state index contributed by atoms with van der Waals surface area (Å²) in [5, 5.41) is 3.38. The average molecular weight is 289 g/mol. The second-order valence-electron chi connectivity index (χ2n) is 4.38. The Labute approximate surface area is 122 Å². The van der Waals surface area contributed by atoms with Gasteiger partial charge in [-0.25, -0.2) is 0 Å². The molecule has 1 aromatic rings. The number of rotatable bonds is 3. The number of halogens is 2. The van der Waals surface area contributed by atoms with Crippen LogP contribution in [0.5, 0.6) is 0 Å². The van der Waals surface area contributed by atoms with Crippen molar-refractivity contribution >= 4 is 24.8 Å². The molecule has 2 nitrogen and oxygen atoms in total.